The Balaban J connectivity index is 1.32. The van der Waals surface area contributed by atoms with E-state index in [2.05, 4.69) is 254 Å². The van der Waals surface area contributed by atoms with Crippen LogP contribution in [0.4, 0.5) is 51.2 Å². The van der Waals surface area contributed by atoms with Gasteiger partial charge in [0.05, 0.1) is 22.7 Å². The van der Waals surface area contributed by atoms with E-state index in [1.54, 1.807) is 0 Å². The lowest BCUT2D eigenvalue weighted by atomic mass is 9.61. The summed E-state index contributed by atoms with van der Waals surface area (Å²) in [6.07, 6.45) is 4.21. The van der Waals surface area contributed by atoms with Crippen molar-refractivity contribution in [3.05, 3.63) is 209 Å². The van der Waals surface area contributed by atoms with Gasteiger partial charge in [0.2, 0.25) is 0 Å². The molecule has 2 bridgehead atoms. The van der Waals surface area contributed by atoms with Crippen molar-refractivity contribution in [3.63, 3.8) is 0 Å². The molecule has 0 saturated carbocycles. The van der Waals surface area contributed by atoms with Gasteiger partial charge in [0.25, 0.3) is 0 Å². The number of hydrogen-bond donors (Lipinski definition) is 0. The fourth-order valence-electron chi connectivity index (χ4n) is 11.5. The molecule has 68 heavy (non-hydrogen) atoms. The van der Waals surface area contributed by atoms with Crippen LogP contribution in [-0.4, -0.2) is 7.28 Å². The maximum Gasteiger partial charge on any atom is 0.197 e. The van der Waals surface area contributed by atoms with E-state index in [0.29, 0.717) is 0 Å². The molecule has 0 spiro atoms. The minimum atomic E-state index is -0.0483. The Morgan fingerprint density at radius 1 is 0.441 bits per heavy atom. The molecule has 4 heteroatoms. The Morgan fingerprint density at radius 3 is 1.40 bits per heavy atom. The summed E-state index contributed by atoms with van der Waals surface area (Å²) < 4.78 is 0. The number of para-hydroxylation sites is 3. The molecule has 337 valence electrons. The highest BCUT2D eigenvalue weighted by Crippen LogP contribution is 2.52. The Morgan fingerprint density at radius 2 is 0.897 bits per heavy atom. The molecule has 8 aromatic rings. The van der Waals surface area contributed by atoms with Crippen molar-refractivity contribution in [1.29, 1.82) is 0 Å². The van der Waals surface area contributed by atoms with Crippen molar-refractivity contribution in [3.8, 4) is 11.1 Å². The second-order valence-corrected chi connectivity index (χ2v) is 22.5. The number of aryl methyl sites for hydroxylation is 1. The van der Waals surface area contributed by atoms with Crippen molar-refractivity contribution in [2.24, 2.45) is 10.8 Å². The molecule has 11 rings (SSSR count). The standard InChI is InChI=1S/C64H63BN3/c1-42-21-19-20-28-56(42)67-58-36-52(66(50-24-15-11-16-25-50)51-26-17-12-18-27-51)37-59(43(58)2)68(57-30-29-49(62(3,4)5)35-53(57)44-22-13-10-14-23-44)61-34-48-41-64(8,9)39-46(48)32-55(61)65-54-31-45-38-63(6,7)40-47(45)33-60(54)67/h10-37H,38-41H2,1-9H3. The van der Waals surface area contributed by atoms with E-state index < -0.39 is 0 Å². The fourth-order valence-corrected chi connectivity index (χ4v) is 11.5. The Kier molecular flexibility index (Phi) is 10.6. The number of benzene rings is 8. The predicted molar refractivity (Wildman–Crippen MR) is 292 cm³/mol. The molecule has 0 saturated heterocycles. The van der Waals surface area contributed by atoms with Gasteiger partial charge in [-0.2, -0.15) is 0 Å². The number of nitrogens with zero attached hydrogens (tertiary/aromatic N) is 3. The molecule has 0 aromatic heterocycles. The first-order chi connectivity index (χ1) is 32.6. The van der Waals surface area contributed by atoms with Gasteiger partial charge in [-0.3, -0.25) is 0 Å². The summed E-state index contributed by atoms with van der Waals surface area (Å²) in [4.78, 5) is 7.68. The highest BCUT2D eigenvalue weighted by Gasteiger charge is 2.36. The molecular formula is C64H63BN3. The molecular weight excluding hydrogens is 822 g/mol. The highest BCUT2D eigenvalue weighted by molar-refractivity contribution is 6.70. The summed E-state index contributed by atoms with van der Waals surface area (Å²) in [5.41, 5.74) is 25.1. The first-order valence-corrected chi connectivity index (χ1v) is 24.7. The Hall–Kier alpha value is -6.78. The molecule has 0 unspecified atom stereocenters. The van der Waals surface area contributed by atoms with Crippen molar-refractivity contribution >= 4 is 69.4 Å². The summed E-state index contributed by atoms with van der Waals surface area (Å²) >= 11 is 0. The van der Waals surface area contributed by atoms with Gasteiger partial charge in [-0.1, -0.05) is 163 Å². The van der Waals surface area contributed by atoms with Crippen LogP contribution in [0.1, 0.15) is 87.4 Å². The van der Waals surface area contributed by atoms with Crippen LogP contribution in [0.3, 0.4) is 0 Å². The molecule has 1 heterocycles. The Bertz CT molecular complexity index is 3180. The molecule has 0 atom stereocenters. The molecule has 1 radical (unpaired) electrons. The lowest BCUT2D eigenvalue weighted by Gasteiger charge is -2.38. The minimum Gasteiger partial charge on any atom is -0.310 e. The van der Waals surface area contributed by atoms with E-state index in [9.17, 15) is 0 Å². The maximum atomic E-state index is 2.64. The highest BCUT2D eigenvalue weighted by atomic mass is 15.2. The van der Waals surface area contributed by atoms with Crippen LogP contribution in [0.2, 0.25) is 0 Å². The van der Waals surface area contributed by atoms with Gasteiger partial charge in [-0.05, 0) is 167 Å². The zero-order valence-electron chi connectivity index (χ0n) is 41.4. The van der Waals surface area contributed by atoms with Crippen LogP contribution in [0, 0.1) is 24.7 Å². The lowest BCUT2D eigenvalue weighted by molar-refractivity contribution is 0.392. The van der Waals surface area contributed by atoms with Crippen molar-refractivity contribution in [1.82, 2.24) is 0 Å². The summed E-state index contributed by atoms with van der Waals surface area (Å²) in [7, 11) is 2.54. The van der Waals surface area contributed by atoms with E-state index >= 15 is 0 Å². The topological polar surface area (TPSA) is 9.72 Å². The van der Waals surface area contributed by atoms with Gasteiger partial charge < -0.3 is 14.7 Å². The number of hydrogen-bond acceptors (Lipinski definition) is 3. The Labute approximate surface area is 406 Å². The van der Waals surface area contributed by atoms with Crippen LogP contribution in [0.5, 0.6) is 0 Å². The fraction of sp³-hybridized carbons (Fsp3) is 0.250. The number of rotatable bonds is 6. The first-order valence-electron chi connectivity index (χ1n) is 24.7. The third-order valence-corrected chi connectivity index (χ3v) is 14.8. The van der Waals surface area contributed by atoms with Crippen LogP contribution in [-0.2, 0) is 31.1 Å². The van der Waals surface area contributed by atoms with Crippen LogP contribution < -0.4 is 25.6 Å². The molecule has 0 amide bonds. The smallest absolute Gasteiger partial charge is 0.197 e. The minimum absolute atomic E-state index is 0.0483. The molecule has 3 aliphatic rings. The zero-order chi connectivity index (χ0) is 47.1. The second-order valence-electron chi connectivity index (χ2n) is 22.5. The molecule has 2 aliphatic carbocycles. The van der Waals surface area contributed by atoms with E-state index in [1.807, 2.05) is 0 Å². The largest absolute Gasteiger partial charge is 0.310 e. The molecule has 0 fully saturated rings. The van der Waals surface area contributed by atoms with Crippen LogP contribution in [0.15, 0.2) is 170 Å². The monoisotopic (exact) mass is 885 g/mol. The van der Waals surface area contributed by atoms with Gasteiger partial charge in [0.15, 0.2) is 7.28 Å². The SMILES string of the molecule is Cc1ccccc1N1c2cc3c(cc2[B]c2cc4c(cc2N(c2ccc(C(C)(C)C)cc2-c2ccccc2)c2cc(N(c5ccccc5)c5ccccc5)cc1c2C)CC(C)(C)C4)CC(C)(C)C3. The summed E-state index contributed by atoms with van der Waals surface area (Å²) in [6, 6.07) is 64.2. The van der Waals surface area contributed by atoms with Crippen molar-refractivity contribution < 1.29 is 0 Å². The third kappa shape index (κ3) is 7.92. The van der Waals surface area contributed by atoms with Gasteiger partial charge in [0.1, 0.15) is 0 Å². The van der Waals surface area contributed by atoms with Gasteiger partial charge in [0, 0.05) is 34.0 Å². The van der Waals surface area contributed by atoms with Gasteiger partial charge >= 0.3 is 0 Å². The van der Waals surface area contributed by atoms with Gasteiger partial charge in [-0.15, -0.1) is 0 Å². The summed E-state index contributed by atoms with van der Waals surface area (Å²) in [6.45, 7) is 21.3. The van der Waals surface area contributed by atoms with Crippen molar-refractivity contribution in [2.75, 3.05) is 14.7 Å². The molecule has 3 nitrogen and oxygen atoms in total. The van der Waals surface area contributed by atoms with E-state index in [1.165, 1.54) is 78.1 Å². The van der Waals surface area contributed by atoms with Crippen LogP contribution in [0.25, 0.3) is 11.1 Å². The predicted octanol–water partition coefficient (Wildman–Crippen LogP) is 15.9. The van der Waals surface area contributed by atoms with E-state index in [4.69, 9.17) is 0 Å². The molecule has 0 N–H and O–H groups in total. The maximum absolute atomic E-state index is 2.64. The van der Waals surface area contributed by atoms with Crippen molar-refractivity contribution in [2.45, 2.75) is 93.4 Å². The van der Waals surface area contributed by atoms with Gasteiger partial charge in [-0.25, -0.2) is 0 Å². The third-order valence-electron chi connectivity index (χ3n) is 14.8. The average molecular weight is 885 g/mol. The average Bonchev–Trinajstić information content (AvgIpc) is 3.79. The summed E-state index contributed by atoms with van der Waals surface area (Å²) in [5.74, 6) is 0. The van der Waals surface area contributed by atoms with E-state index in [0.717, 1.165) is 59.8 Å². The lowest BCUT2D eigenvalue weighted by Crippen LogP contribution is -2.36. The number of anilines is 9. The number of fused-ring (bicyclic) bond motifs is 6. The molecule has 1 aliphatic heterocycles. The normalized spacial score (nSPS) is 15.5. The second kappa shape index (κ2) is 16.5. The zero-order valence-corrected chi connectivity index (χ0v) is 41.4. The van der Waals surface area contributed by atoms with E-state index in [-0.39, 0.29) is 16.2 Å². The molecule has 8 aromatic carbocycles. The summed E-state index contributed by atoms with van der Waals surface area (Å²) in [5, 5.41) is 0. The van der Waals surface area contributed by atoms with Crippen LogP contribution >= 0.6 is 0 Å². The first kappa shape index (κ1) is 43.8. The quantitative estimate of drug-likeness (QED) is 0.154.